The number of amides is 1. The van der Waals surface area contributed by atoms with Crippen LogP contribution in [0.3, 0.4) is 0 Å². The summed E-state index contributed by atoms with van der Waals surface area (Å²) in [7, 11) is 0. The second kappa shape index (κ2) is 7.96. The normalized spacial score (nSPS) is 16.0. The minimum Gasteiger partial charge on any atom is -0.508 e. The Balaban J connectivity index is 1.68. The van der Waals surface area contributed by atoms with Crippen LogP contribution in [-0.2, 0) is 4.79 Å². The molecule has 3 heterocycles. The largest absolute Gasteiger partial charge is 0.508 e. The van der Waals surface area contributed by atoms with Crippen molar-refractivity contribution in [3.8, 4) is 5.75 Å². The number of nitrogens with zero attached hydrogens (tertiary/aromatic N) is 2. The molecule has 1 atom stereocenters. The molecule has 1 amide bonds. The number of Topliss-reactive ketones (excluding diaryl/α,β-unsaturated/α-hetero) is 2. The molecule has 2 N–H and O–H groups in total. The Morgan fingerprint density at radius 1 is 1.09 bits per heavy atom. The Morgan fingerprint density at radius 2 is 1.85 bits per heavy atom. The molecular weight excluding hydrogens is 456 g/mol. The van der Waals surface area contributed by atoms with Crippen LogP contribution in [0, 0.1) is 6.92 Å². The number of aromatic hydroxyl groups is 1. The van der Waals surface area contributed by atoms with Gasteiger partial charge in [-0.15, -0.1) is 0 Å². The predicted molar refractivity (Wildman–Crippen MR) is 125 cm³/mol. The van der Waals surface area contributed by atoms with Crippen molar-refractivity contribution in [2.45, 2.75) is 19.9 Å². The molecule has 2 aromatic carbocycles. The van der Waals surface area contributed by atoms with Gasteiger partial charge in [0.1, 0.15) is 11.3 Å². The summed E-state index contributed by atoms with van der Waals surface area (Å²) in [5, 5.41) is 21.8. The third kappa shape index (κ3) is 3.37. The molecule has 0 aliphatic carbocycles. The average molecular weight is 474 g/mol. The Hall–Kier alpha value is -4.24. The van der Waals surface area contributed by atoms with Gasteiger partial charge in [-0.05, 0) is 36.8 Å². The Kier molecular flexibility index (Phi) is 5.06. The molecule has 1 unspecified atom stereocenters. The van der Waals surface area contributed by atoms with Gasteiger partial charge in [0.2, 0.25) is 5.78 Å². The van der Waals surface area contributed by atoms with E-state index in [0.717, 1.165) is 11.3 Å². The number of furan rings is 1. The van der Waals surface area contributed by atoms with Crippen LogP contribution in [0.25, 0.3) is 11.0 Å². The van der Waals surface area contributed by atoms with Crippen molar-refractivity contribution < 1.29 is 29.0 Å². The van der Waals surface area contributed by atoms with Crippen molar-refractivity contribution in [3.05, 3.63) is 87.8 Å². The van der Waals surface area contributed by atoms with E-state index in [1.165, 1.54) is 24.0 Å². The number of rotatable bonds is 5. The topological polar surface area (TPSA) is 121 Å². The second-order valence-electron chi connectivity index (χ2n) is 7.88. The van der Waals surface area contributed by atoms with Gasteiger partial charge in [-0.25, -0.2) is 4.98 Å². The van der Waals surface area contributed by atoms with Gasteiger partial charge in [0.25, 0.3) is 5.91 Å². The molecule has 4 aromatic rings. The van der Waals surface area contributed by atoms with Crippen LogP contribution < -0.4 is 4.90 Å². The summed E-state index contributed by atoms with van der Waals surface area (Å²) in [5.74, 6) is -2.57. The van der Waals surface area contributed by atoms with Crippen LogP contribution in [0.5, 0.6) is 5.75 Å². The van der Waals surface area contributed by atoms with E-state index < -0.39 is 23.5 Å². The van der Waals surface area contributed by atoms with Crippen molar-refractivity contribution in [3.63, 3.8) is 0 Å². The summed E-state index contributed by atoms with van der Waals surface area (Å²) in [6.45, 7) is 3.05. The number of carbonyl (C=O) groups is 3. The van der Waals surface area contributed by atoms with Gasteiger partial charge in [0.05, 0.1) is 22.2 Å². The number of carbonyl (C=O) groups excluding carboxylic acids is 3. The van der Waals surface area contributed by atoms with Crippen LogP contribution >= 0.6 is 11.3 Å². The predicted octanol–water partition coefficient (Wildman–Crippen LogP) is 4.89. The molecular formula is C25H18N2O6S. The minimum atomic E-state index is -1.09. The minimum absolute atomic E-state index is 0.0395. The fraction of sp³-hybridized carbons (Fsp3) is 0.120. The lowest BCUT2D eigenvalue weighted by atomic mass is 9.95. The molecule has 2 aromatic heterocycles. The molecule has 0 fully saturated rings. The molecule has 0 radical (unpaired) electrons. The first kappa shape index (κ1) is 21.6. The van der Waals surface area contributed by atoms with Crippen LogP contribution in [0.15, 0.2) is 70.3 Å². The van der Waals surface area contributed by atoms with Crippen molar-refractivity contribution in [2.24, 2.45) is 0 Å². The fourth-order valence-corrected chi connectivity index (χ4v) is 5.07. The first-order valence-electron chi connectivity index (χ1n) is 10.3. The first-order valence-corrected chi connectivity index (χ1v) is 11.1. The smallest absolute Gasteiger partial charge is 0.296 e. The third-order valence-corrected chi connectivity index (χ3v) is 6.86. The highest BCUT2D eigenvalue weighted by atomic mass is 32.1. The number of phenolic OH excluding ortho intramolecular Hbond substituents is 1. The molecule has 1 aliphatic rings. The molecule has 34 heavy (non-hydrogen) atoms. The highest BCUT2D eigenvalue weighted by Gasteiger charge is 2.47. The Labute approximate surface area is 197 Å². The molecule has 5 rings (SSSR count). The van der Waals surface area contributed by atoms with Gasteiger partial charge in [0.15, 0.2) is 22.4 Å². The monoisotopic (exact) mass is 474 g/mol. The molecule has 0 saturated carbocycles. The van der Waals surface area contributed by atoms with Crippen molar-refractivity contribution >= 4 is 44.9 Å². The van der Waals surface area contributed by atoms with E-state index in [1.807, 2.05) is 0 Å². The van der Waals surface area contributed by atoms with E-state index in [-0.39, 0.29) is 28.0 Å². The van der Waals surface area contributed by atoms with Gasteiger partial charge in [-0.2, -0.15) is 0 Å². The number of ketones is 2. The maximum absolute atomic E-state index is 13.6. The molecule has 9 heteroatoms. The van der Waals surface area contributed by atoms with Gasteiger partial charge >= 0.3 is 0 Å². The van der Waals surface area contributed by atoms with Crippen LogP contribution in [-0.4, -0.2) is 32.7 Å². The lowest BCUT2D eigenvalue weighted by Gasteiger charge is -2.24. The number of aryl methyl sites for hydroxylation is 1. The average Bonchev–Trinajstić information content (AvgIpc) is 3.47. The fourth-order valence-electron chi connectivity index (χ4n) is 4.08. The quantitative estimate of drug-likeness (QED) is 0.395. The number of benzene rings is 2. The maximum Gasteiger partial charge on any atom is 0.296 e. The molecule has 0 spiro atoms. The number of phenols is 1. The highest BCUT2D eigenvalue weighted by molar-refractivity contribution is 7.17. The first-order chi connectivity index (χ1) is 16.3. The van der Waals surface area contributed by atoms with Crippen LogP contribution in [0.2, 0.25) is 0 Å². The number of aliphatic hydroxyl groups excluding tert-OH is 1. The standard InChI is InChI=1S/C25H18N2O6S/c1-12-23(13(2)28)34-25(26-12)27-20(15-7-5-8-16(29)10-15)19(22(31)24(27)32)21(30)18-11-14-6-3-4-9-17(14)33-18/h3-11,20,29,31H,1-2H3. The summed E-state index contributed by atoms with van der Waals surface area (Å²) in [4.78, 5) is 44.7. The number of thiazole rings is 1. The molecule has 8 nitrogen and oxygen atoms in total. The second-order valence-corrected chi connectivity index (χ2v) is 8.86. The zero-order chi connectivity index (χ0) is 24.1. The summed E-state index contributed by atoms with van der Waals surface area (Å²) in [6, 6.07) is 13.6. The van der Waals surface area contributed by atoms with Crippen molar-refractivity contribution in [1.82, 2.24) is 4.98 Å². The SMILES string of the molecule is CC(=O)c1sc(N2C(=O)C(O)=C(C(=O)c3cc4ccccc4o3)C2c2cccc(O)c2)nc1C. The lowest BCUT2D eigenvalue weighted by Crippen LogP contribution is -2.31. The lowest BCUT2D eigenvalue weighted by molar-refractivity contribution is -0.117. The van der Waals surface area contributed by atoms with E-state index in [4.69, 9.17) is 4.42 Å². The summed E-state index contributed by atoms with van der Waals surface area (Å²) < 4.78 is 5.70. The summed E-state index contributed by atoms with van der Waals surface area (Å²) in [6.07, 6.45) is 0. The number of para-hydroxylation sites is 1. The number of hydrogen-bond acceptors (Lipinski definition) is 8. The number of fused-ring (bicyclic) bond motifs is 1. The van der Waals surface area contributed by atoms with Crippen molar-refractivity contribution in [2.75, 3.05) is 4.90 Å². The number of aromatic nitrogens is 1. The zero-order valence-corrected chi connectivity index (χ0v) is 18.9. The molecule has 0 bridgehead atoms. The highest BCUT2D eigenvalue weighted by Crippen LogP contribution is 2.44. The molecule has 1 aliphatic heterocycles. The number of aliphatic hydroxyl groups is 1. The van der Waals surface area contributed by atoms with E-state index in [0.29, 0.717) is 27.1 Å². The third-order valence-electron chi connectivity index (χ3n) is 5.60. The maximum atomic E-state index is 13.6. The number of anilines is 1. The summed E-state index contributed by atoms with van der Waals surface area (Å²) in [5.41, 5.74) is 1.11. The molecule has 170 valence electrons. The van der Waals surface area contributed by atoms with E-state index in [2.05, 4.69) is 4.98 Å². The number of hydrogen-bond donors (Lipinski definition) is 2. The van der Waals surface area contributed by atoms with E-state index in [9.17, 15) is 24.6 Å². The summed E-state index contributed by atoms with van der Waals surface area (Å²) >= 11 is 0.996. The molecule has 0 saturated heterocycles. The van der Waals surface area contributed by atoms with Gasteiger partial charge in [0, 0.05) is 12.3 Å². The van der Waals surface area contributed by atoms with Crippen molar-refractivity contribution in [1.29, 1.82) is 0 Å². The van der Waals surface area contributed by atoms with Gasteiger partial charge < -0.3 is 14.6 Å². The van der Waals surface area contributed by atoms with Crippen LogP contribution in [0.1, 0.15) is 44.4 Å². The van der Waals surface area contributed by atoms with Crippen LogP contribution in [0.4, 0.5) is 5.13 Å². The van der Waals surface area contributed by atoms with E-state index >= 15 is 0 Å². The zero-order valence-electron chi connectivity index (χ0n) is 18.1. The van der Waals surface area contributed by atoms with Gasteiger partial charge in [-0.1, -0.05) is 41.7 Å². The Morgan fingerprint density at radius 3 is 2.53 bits per heavy atom. The van der Waals surface area contributed by atoms with E-state index in [1.54, 1.807) is 49.4 Å². The van der Waals surface area contributed by atoms with Gasteiger partial charge in [-0.3, -0.25) is 19.3 Å². The Bertz CT molecular complexity index is 1500.